The van der Waals surface area contributed by atoms with Gasteiger partial charge in [-0.3, -0.25) is 4.90 Å². The Kier molecular flexibility index (Phi) is 5.50. The van der Waals surface area contributed by atoms with Crippen LogP contribution in [0.1, 0.15) is 13.3 Å². The lowest BCUT2D eigenvalue weighted by atomic mass is 9.99. The van der Waals surface area contributed by atoms with Crippen LogP contribution >= 0.6 is 0 Å². The molecule has 0 amide bonds. The fourth-order valence-electron chi connectivity index (χ4n) is 2.17. The van der Waals surface area contributed by atoms with Gasteiger partial charge in [-0.1, -0.05) is 0 Å². The van der Waals surface area contributed by atoms with Gasteiger partial charge in [-0.05, 0) is 31.4 Å². The molecule has 2 saturated heterocycles. The highest BCUT2D eigenvalue weighted by atomic mass is 16.5. The third kappa shape index (κ3) is 4.70. The third-order valence-electron chi connectivity index (χ3n) is 2.98. The van der Waals surface area contributed by atoms with Gasteiger partial charge in [0.2, 0.25) is 0 Å². The van der Waals surface area contributed by atoms with E-state index >= 15 is 0 Å². The van der Waals surface area contributed by atoms with Crippen LogP contribution in [0.15, 0.2) is 11.6 Å². The SMILES string of the molecule is CCOC(=O)C=C1CN2CCC1C2.O=C(O)C(=O)O. The smallest absolute Gasteiger partial charge is 0.414 e. The van der Waals surface area contributed by atoms with Gasteiger partial charge in [-0.2, -0.15) is 0 Å². The van der Waals surface area contributed by atoms with E-state index in [9.17, 15) is 4.79 Å². The van der Waals surface area contributed by atoms with Crippen molar-refractivity contribution in [3.63, 3.8) is 0 Å². The van der Waals surface area contributed by atoms with E-state index < -0.39 is 11.9 Å². The molecular weight excluding hydrogens is 254 g/mol. The highest BCUT2D eigenvalue weighted by Gasteiger charge is 2.33. The Morgan fingerprint density at radius 3 is 2.37 bits per heavy atom. The molecule has 106 valence electrons. The molecule has 2 atom stereocenters. The van der Waals surface area contributed by atoms with Gasteiger partial charge < -0.3 is 14.9 Å². The second-order valence-electron chi connectivity index (χ2n) is 4.30. The Hall–Kier alpha value is -1.89. The van der Waals surface area contributed by atoms with Crippen LogP contribution in [0.25, 0.3) is 0 Å². The molecule has 2 aliphatic rings. The van der Waals surface area contributed by atoms with Gasteiger partial charge in [-0.15, -0.1) is 0 Å². The van der Waals surface area contributed by atoms with Crippen molar-refractivity contribution in [3.05, 3.63) is 11.6 Å². The number of nitrogens with zero attached hydrogens (tertiary/aromatic N) is 1. The molecule has 0 spiro atoms. The second-order valence-corrected chi connectivity index (χ2v) is 4.30. The number of esters is 1. The lowest BCUT2D eigenvalue weighted by Gasteiger charge is -2.13. The summed E-state index contributed by atoms with van der Waals surface area (Å²) in [6, 6.07) is 0. The number of aliphatic carboxylic acids is 2. The Morgan fingerprint density at radius 2 is 2.00 bits per heavy atom. The highest BCUT2D eigenvalue weighted by Crippen LogP contribution is 2.31. The molecule has 0 radical (unpaired) electrons. The average Bonchev–Trinajstić information content (AvgIpc) is 2.91. The van der Waals surface area contributed by atoms with E-state index in [1.165, 1.54) is 18.5 Å². The number of carboxylic acid groups (broad SMARTS) is 2. The number of piperidine rings is 1. The Balaban J connectivity index is 0.000000258. The molecule has 0 aromatic carbocycles. The summed E-state index contributed by atoms with van der Waals surface area (Å²) in [6.07, 6.45) is 2.90. The average molecular weight is 271 g/mol. The van der Waals surface area contributed by atoms with Crippen LogP contribution in [-0.4, -0.2) is 59.3 Å². The molecule has 2 heterocycles. The van der Waals surface area contributed by atoms with Crippen LogP contribution in [-0.2, 0) is 19.1 Å². The first-order chi connectivity index (χ1) is 8.93. The molecule has 7 heteroatoms. The minimum Gasteiger partial charge on any atom is -0.473 e. The maximum atomic E-state index is 11.2. The van der Waals surface area contributed by atoms with Crippen molar-refractivity contribution in [1.82, 2.24) is 4.90 Å². The van der Waals surface area contributed by atoms with Crippen molar-refractivity contribution in [2.24, 2.45) is 5.92 Å². The minimum absolute atomic E-state index is 0.175. The molecular formula is C12H17NO6. The predicted molar refractivity (Wildman–Crippen MR) is 64.5 cm³/mol. The Labute approximate surface area is 110 Å². The Morgan fingerprint density at radius 1 is 1.37 bits per heavy atom. The zero-order chi connectivity index (χ0) is 14.4. The van der Waals surface area contributed by atoms with Crippen LogP contribution < -0.4 is 0 Å². The number of hydrogen-bond acceptors (Lipinski definition) is 5. The quantitative estimate of drug-likeness (QED) is 0.412. The molecule has 2 rings (SSSR count). The number of rotatable bonds is 2. The van der Waals surface area contributed by atoms with Crippen molar-refractivity contribution >= 4 is 17.9 Å². The van der Waals surface area contributed by atoms with Gasteiger partial charge in [0.25, 0.3) is 0 Å². The van der Waals surface area contributed by atoms with Crippen LogP contribution in [0.2, 0.25) is 0 Å². The molecule has 2 bridgehead atoms. The maximum Gasteiger partial charge on any atom is 0.414 e. The summed E-state index contributed by atoms with van der Waals surface area (Å²) in [5.74, 6) is -3.19. The standard InChI is InChI=1S/C10H15NO2.C2H2O4/c1-2-13-10(12)5-9-7-11-4-3-8(9)6-11;3-1(4)2(5)6/h5,8H,2-4,6-7H2,1H3;(H,3,4)(H,5,6). The van der Waals surface area contributed by atoms with E-state index in [0.717, 1.165) is 13.1 Å². The Bertz CT molecular complexity index is 391. The second kappa shape index (κ2) is 6.89. The van der Waals surface area contributed by atoms with Gasteiger partial charge in [0.1, 0.15) is 0 Å². The van der Waals surface area contributed by atoms with E-state index in [2.05, 4.69) is 4.90 Å². The molecule has 0 aliphatic carbocycles. The van der Waals surface area contributed by atoms with Gasteiger partial charge in [-0.25, -0.2) is 14.4 Å². The number of carbonyl (C=O) groups excluding carboxylic acids is 1. The third-order valence-corrected chi connectivity index (χ3v) is 2.98. The fourth-order valence-corrected chi connectivity index (χ4v) is 2.17. The van der Waals surface area contributed by atoms with E-state index in [0.29, 0.717) is 12.5 Å². The van der Waals surface area contributed by atoms with Gasteiger partial charge in [0.05, 0.1) is 6.61 Å². The molecule has 2 aliphatic heterocycles. The number of carboxylic acids is 2. The minimum atomic E-state index is -1.82. The van der Waals surface area contributed by atoms with Crippen molar-refractivity contribution in [2.75, 3.05) is 26.2 Å². The number of ether oxygens (including phenoxy) is 1. The van der Waals surface area contributed by atoms with E-state index in [1.54, 1.807) is 6.08 Å². The lowest BCUT2D eigenvalue weighted by molar-refractivity contribution is -0.159. The first-order valence-corrected chi connectivity index (χ1v) is 5.99. The monoisotopic (exact) mass is 271 g/mol. The largest absolute Gasteiger partial charge is 0.473 e. The summed E-state index contributed by atoms with van der Waals surface area (Å²) >= 11 is 0. The molecule has 19 heavy (non-hydrogen) atoms. The van der Waals surface area contributed by atoms with E-state index in [4.69, 9.17) is 24.5 Å². The number of carbonyl (C=O) groups is 3. The number of fused-ring (bicyclic) bond motifs is 2. The summed E-state index contributed by atoms with van der Waals surface area (Å²) in [4.78, 5) is 31.7. The first kappa shape index (κ1) is 15.2. The summed E-state index contributed by atoms with van der Waals surface area (Å²) in [6.45, 7) is 5.62. The van der Waals surface area contributed by atoms with E-state index in [1.807, 2.05) is 6.92 Å². The maximum absolute atomic E-state index is 11.2. The first-order valence-electron chi connectivity index (χ1n) is 5.99. The molecule has 2 N–H and O–H groups in total. The van der Waals surface area contributed by atoms with Crippen LogP contribution in [0.3, 0.4) is 0 Å². The van der Waals surface area contributed by atoms with Crippen LogP contribution in [0.4, 0.5) is 0 Å². The summed E-state index contributed by atoms with van der Waals surface area (Å²) < 4.78 is 4.88. The zero-order valence-electron chi connectivity index (χ0n) is 10.7. The van der Waals surface area contributed by atoms with Crippen LogP contribution in [0.5, 0.6) is 0 Å². The molecule has 2 fully saturated rings. The zero-order valence-corrected chi connectivity index (χ0v) is 10.7. The highest BCUT2D eigenvalue weighted by molar-refractivity contribution is 6.27. The van der Waals surface area contributed by atoms with Gasteiger partial charge in [0, 0.05) is 19.2 Å². The van der Waals surface area contributed by atoms with E-state index in [-0.39, 0.29) is 5.97 Å². The van der Waals surface area contributed by atoms with Crippen molar-refractivity contribution < 1.29 is 29.3 Å². The van der Waals surface area contributed by atoms with Crippen molar-refractivity contribution in [3.8, 4) is 0 Å². The van der Waals surface area contributed by atoms with Gasteiger partial charge in [0.15, 0.2) is 0 Å². The fraction of sp³-hybridized carbons (Fsp3) is 0.583. The predicted octanol–water partition coefficient (Wildman–Crippen LogP) is -0.0330. The number of hydrogen-bond donors (Lipinski definition) is 2. The molecule has 2 unspecified atom stereocenters. The topological polar surface area (TPSA) is 104 Å². The lowest BCUT2D eigenvalue weighted by Crippen LogP contribution is -2.18. The summed E-state index contributed by atoms with van der Waals surface area (Å²) in [5, 5.41) is 14.8. The molecule has 0 aromatic rings. The van der Waals surface area contributed by atoms with Crippen molar-refractivity contribution in [1.29, 1.82) is 0 Å². The van der Waals surface area contributed by atoms with Crippen LogP contribution in [0, 0.1) is 5.92 Å². The van der Waals surface area contributed by atoms with Gasteiger partial charge >= 0.3 is 17.9 Å². The van der Waals surface area contributed by atoms with Crippen molar-refractivity contribution in [2.45, 2.75) is 13.3 Å². The molecule has 0 saturated carbocycles. The summed E-state index contributed by atoms with van der Waals surface area (Å²) in [5.41, 5.74) is 1.27. The normalized spacial score (nSPS) is 25.6. The molecule has 7 nitrogen and oxygen atoms in total. The summed E-state index contributed by atoms with van der Waals surface area (Å²) in [7, 11) is 0. The molecule has 0 aromatic heterocycles.